The fourth-order valence-electron chi connectivity index (χ4n) is 6.30. The Morgan fingerprint density at radius 1 is 1.10 bits per heavy atom. The largest absolute Gasteiger partial charge is 0.502 e. The van der Waals surface area contributed by atoms with Gasteiger partial charge < -0.3 is 28.0 Å². The molecule has 3 atom stereocenters. The van der Waals surface area contributed by atoms with Crippen LogP contribution in [0.15, 0.2) is 71.9 Å². The van der Waals surface area contributed by atoms with E-state index in [1.54, 1.807) is 24.3 Å². The first kappa shape index (κ1) is 27.5. The molecule has 4 aromatic rings. The summed E-state index contributed by atoms with van der Waals surface area (Å²) in [6.07, 6.45) is 1.80. The molecule has 0 amide bonds. The minimum absolute atomic E-state index is 0.00178. The lowest BCUT2D eigenvalue weighted by Gasteiger charge is -2.42. The van der Waals surface area contributed by atoms with Crippen LogP contribution in [-0.4, -0.2) is 47.9 Å². The monoisotopic (exact) mass is 574 g/mol. The number of aromatic hydroxyl groups is 1. The van der Waals surface area contributed by atoms with Gasteiger partial charge in [0.25, 0.3) is 5.56 Å². The highest BCUT2D eigenvalue weighted by molar-refractivity contribution is 5.79. The van der Waals surface area contributed by atoms with Crippen LogP contribution in [0.5, 0.6) is 11.5 Å². The molecule has 1 fully saturated rings. The second-order valence-electron chi connectivity index (χ2n) is 10.9. The molecule has 0 saturated carbocycles. The summed E-state index contributed by atoms with van der Waals surface area (Å²) < 4.78 is 23.8. The molecule has 218 valence electrons. The van der Waals surface area contributed by atoms with Crippen molar-refractivity contribution >= 4 is 16.9 Å². The Morgan fingerprint density at radius 3 is 2.71 bits per heavy atom. The van der Waals surface area contributed by atoms with Crippen LogP contribution in [0.25, 0.3) is 11.0 Å². The van der Waals surface area contributed by atoms with Gasteiger partial charge in [-0.15, -0.1) is 0 Å². The van der Waals surface area contributed by atoms with E-state index in [2.05, 4.69) is 4.90 Å². The van der Waals surface area contributed by atoms with Gasteiger partial charge in [-0.3, -0.25) is 24.1 Å². The molecule has 1 N–H and O–H groups in total. The van der Waals surface area contributed by atoms with Crippen LogP contribution in [0.1, 0.15) is 47.5 Å². The van der Waals surface area contributed by atoms with Gasteiger partial charge >= 0.3 is 5.97 Å². The van der Waals surface area contributed by atoms with E-state index in [9.17, 15) is 24.3 Å². The number of hydrogen-bond donors (Lipinski definition) is 1. The third-order valence-electron chi connectivity index (χ3n) is 8.23. The first-order chi connectivity index (χ1) is 20.2. The summed E-state index contributed by atoms with van der Waals surface area (Å²) in [5.74, 6) is -1.61. The molecule has 5 heterocycles. The molecule has 6 rings (SSSR count). The SMILES string of the molecule is COC(=O)CC(c1oc(CN2C[C@H]3C[C@@H](C2)c2cccc(=O)n2C3)cc(=O)c1O)c1coc2ccc(OC)cc2c1=O. The minimum Gasteiger partial charge on any atom is -0.502 e. The van der Waals surface area contributed by atoms with E-state index in [1.165, 1.54) is 32.6 Å². The van der Waals surface area contributed by atoms with Crippen LogP contribution in [0.2, 0.25) is 0 Å². The van der Waals surface area contributed by atoms with Crippen molar-refractivity contribution < 1.29 is 28.2 Å². The van der Waals surface area contributed by atoms with Gasteiger partial charge in [-0.2, -0.15) is 0 Å². The number of ether oxygens (including phenoxy) is 2. The number of carbonyl (C=O) groups excluding carboxylic acids is 1. The molecular weight excluding hydrogens is 544 g/mol. The van der Waals surface area contributed by atoms with Gasteiger partial charge in [0, 0.05) is 48.9 Å². The summed E-state index contributed by atoms with van der Waals surface area (Å²) >= 11 is 0. The van der Waals surface area contributed by atoms with Crippen LogP contribution >= 0.6 is 0 Å². The van der Waals surface area contributed by atoms with E-state index in [0.29, 0.717) is 31.0 Å². The Labute approximate surface area is 239 Å². The van der Waals surface area contributed by atoms with Gasteiger partial charge in [-0.05, 0) is 36.6 Å². The molecule has 1 saturated heterocycles. The van der Waals surface area contributed by atoms with Crippen LogP contribution in [-0.2, 0) is 22.6 Å². The van der Waals surface area contributed by atoms with Gasteiger partial charge in [-0.25, -0.2) is 0 Å². The number of aromatic nitrogens is 1. The highest BCUT2D eigenvalue weighted by Gasteiger charge is 2.35. The van der Waals surface area contributed by atoms with Gasteiger partial charge in [-0.1, -0.05) is 6.07 Å². The third-order valence-corrected chi connectivity index (χ3v) is 8.23. The van der Waals surface area contributed by atoms with Crippen molar-refractivity contribution in [3.05, 3.63) is 102 Å². The number of carbonyl (C=O) groups is 1. The highest BCUT2D eigenvalue weighted by Crippen LogP contribution is 2.37. The number of pyridine rings is 1. The van der Waals surface area contributed by atoms with Crippen molar-refractivity contribution in [3.63, 3.8) is 0 Å². The molecule has 1 unspecified atom stereocenters. The molecule has 42 heavy (non-hydrogen) atoms. The Kier molecular flexibility index (Phi) is 7.19. The predicted octanol–water partition coefficient (Wildman–Crippen LogP) is 2.94. The summed E-state index contributed by atoms with van der Waals surface area (Å²) in [6.45, 7) is 2.23. The van der Waals surface area contributed by atoms with Crippen LogP contribution < -0.4 is 21.2 Å². The van der Waals surface area contributed by atoms with E-state index in [0.717, 1.165) is 12.1 Å². The Bertz CT molecular complexity index is 1850. The maximum absolute atomic E-state index is 13.6. The van der Waals surface area contributed by atoms with Crippen molar-refractivity contribution in [3.8, 4) is 11.5 Å². The van der Waals surface area contributed by atoms with Gasteiger partial charge in [0.2, 0.25) is 11.2 Å². The normalized spacial score (nSPS) is 18.8. The molecule has 1 aromatic carbocycles. The van der Waals surface area contributed by atoms with Gasteiger partial charge in [0.15, 0.2) is 11.2 Å². The third kappa shape index (κ3) is 5.00. The summed E-state index contributed by atoms with van der Waals surface area (Å²) in [4.78, 5) is 53.6. The number of nitrogens with zero attached hydrogens (tertiary/aromatic N) is 2. The average molecular weight is 575 g/mol. The lowest BCUT2D eigenvalue weighted by molar-refractivity contribution is -0.140. The van der Waals surface area contributed by atoms with Crippen molar-refractivity contribution in [2.75, 3.05) is 27.3 Å². The van der Waals surface area contributed by atoms with Crippen molar-refractivity contribution in [1.82, 2.24) is 9.47 Å². The van der Waals surface area contributed by atoms with E-state index < -0.39 is 28.5 Å². The number of hydrogen-bond acceptors (Lipinski definition) is 10. The standard InChI is InChI=1S/C31H30N2O9/c1-39-19-6-7-26-22(9-19)29(37)23(16-41-26)21(11-28(36)40-2)31-30(38)25(34)10-20(42-31)15-32-12-17-8-18(14-32)24-4-3-5-27(35)33(24)13-17/h3-7,9-10,16-18,21,38H,8,11-15H2,1-2H3/t17-,18+,21?/m1/s1. The van der Waals surface area contributed by atoms with Gasteiger partial charge in [0.1, 0.15) is 17.1 Å². The zero-order chi connectivity index (χ0) is 29.5. The topological polar surface area (TPSA) is 141 Å². The van der Waals surface area contributed by atoms with Crippen molar-refractivity contribution in [2.45, 2.75) is 37.8 Å². The number of esters is 1. The number of fused-ring (bicyclic) bond motifs is 5. The summed E-state index contributed by atoms with van der Waals surface area (Å²) in [6, 6.07) is 11.3. The predicted molar refractivity (Wildman–Crippen MR) is 151 cm³/mol. The Hall–Kier alpha value is -4.64. The lowest BCUT2D eigenvalue weighted by atomic mass is 9.83. The number of likely N-dealkylation sites (tertiary alicyclic amines) is 1. The first-order valence-corrected chi connectivity index (χ1v) is 13.7. The summed E-state index contributed by atoms with van der Waals surface area (Å²) in [5.41, 5.74) is 0.162. The molecule has 11 nitrogen and oxygen atoms in total. The molecular formula is C31H30N2O9. The number of rotatable bonds is 7. The Balaban J connectivity index is 1.37. The van der Waals surface area contributed by atoms with Crippen LogP contribution in [0, 0.1) is 5.92 Å². The summed E-state index contributed by atoms with van der Waals surface area (Å²) in [5, 5.41) is 11.0. The molecule has 3 aromatic heterocycles. The quantitative estimate of drug-likeness (QED) is 0.328. The average Bonchev–Trinajstić information content (AvgIpc) is 2.98. The highest BCUT2D eigenvalue weighted by atomic mass is 16.5. The number of benzene rings is 1. The van der Waals surface area contributed by atoms with E-state index in [4.69, 9.17) is 18.3 Å². The maximum atomic E-state index is 13.6. The fourth-order valence-corrected chi connectivity index (χ4v) is 6.30. The number of methoxy groups -OCH3 is 2. The van der Waals surface area contributed by atoms with Gasteiger partial charge in [0.05, 0.1) is 44.8 Å². The van der Waals surface area contributed by atoms with E-state index in [-0.39, 0.29) is 52.8 Å². The lowest BCUT2D eigenvalue weighted by Crippen LogP contribution is -2.46. The second-order valence-corrected chi connectivity index (χ2v) is 10.9. The molecule has 2 aliphatic rings. The summed E-state index contributed by atoms with van der Waals surface area (Å²) in [7, 11) is 2.68. The maximum Gasteiger partial charge on any atom is 0.306 e. The zero-order valence-corrected chi connectivity index (χ0v) is 23.2. The molecule has 2 bridgehead atoms. The van der Waals surface area contributed by atoms with E-state index in [1.807, 2.05) is 10.6 Å². The fraction of sp³-hybridized carbons (Fsp3) is 0.355. The minimum atomic E-state index is -1.16. The molecule has 0 spiro atoms. The molecule has 2 aliphatic heterocycles. The molecule has 0 radical (unpaired) electrons. The van der Waals surface area contributed by atoms with Crippen molar-refractivity contribution in [1.29, 1.82) is 0 Å². The zero-order valence-electron chi connectivity index (χ0n) is 23.2. The number of piperidine rings is 1. The smallest absolute Gasteiger partial charge is 0.306 e. The van der Waals surface area contributed by atoms with Crippen LogP contribution in [0.3, 0.4) is 0 Å². The molecule has 0 aliphatic carbocycles. The van der Waals surface area contributed by atoms with Crippen LogP contribution in [0.4, 0.5) is 0 Å². The Morgan fingerprint density at radius 2 is 1.93 bits per heavy atom. The first-order valence-electron chi connectivity index (χ1n) is 13.7. The van der Waals surface area contributed by atoms with E-state index >= 15 is 0 Å². The second kappa shape index (κ2) is 11.0. The molecule has 11 heteroatoms. The van der Waals surface area contributed by atoms with Crippen molar-refractivity contribution in [2.24, 2.45) is 5.92 Å².